The van der Waals surface area contributed by atoms with Gasteiger partial charge in [-0.05, 0) is 38.3 Å². The fourth-order valence-corrected chi connectivity index (χ4v) is 2.50. The first-order valence-electron chi connectivity index (χ1n) is 8.05. The van der Waals surface area contributed by atoms with Crippen LogP contribution in [0.1, 0.15) is 62.5 Å². The van der Waals surface area contributed by atoms with Gasteiger partial charge in [0.25, 0.3) is 0 Å². The molecule has 0 radical (unpaired) electrons. The van der Waals surface area contributed by atoms with Crippen molar-refractivity contribution in [2.75, 3.05) is 6.61 Å². The lowest BCUT2D eigenvalue weighted by molar-refractivity contribution is 0.235. The van der Waals surface area contributed by atoms with Gasteiger partial charge in [0.15, 0.2) is 0 Å². The van der Waals surface area contributed by atoms with Crippen molar-refractivity contribution in [3.05, 3.63) is 53.3 Å². The first-order chi connectivity index (χ1) is 10.5. The Morgan fingerprint density at radius 3 is 2.32 bits per heavy atom. The Hall–Kier alpha value is -1.65. The van der Waals surface area contributed by atoms with E-state index < -0.39 is 0 Å². The molecule has 1 heterocycles. The lowest BCUT2D eigenvalue weighted by Crippen LogP contribution is -2.27. The van der Waals surface area contributed by atoms with Crippen LogP contribution in [0.5, 0.6) is 0 Å². The highest BCUT2D eigenvalue weighted by Gasteiger charge is 2.16. The summed E-state index contributed by atoms with van der Waals surface area (Å²) < 4.78 is 1.96. The first-order valence-corrected chi connectivity index (χ1v) is 8.05. The van der Waals surface area contributed by atoms with Crippen LogP contribution in [0, 0.1) is 0 Å². The summed E-state index contributed by atoms with van der Waals surface area (Å²) in [4.78, 5) is 0. The van der Waals surface area contributed by atoms with Crippen molar-refractivity contribution < 1.29 is 5.11 Å². The molecule has 0 bridgehead atoms. The Labute approximate surface area is 133 Å². The number of hydrogen-bond acceptors (Lipinski definition) is 3. The highest BCUT2D eigenvalue weighted by Crippen LogP contribution is 2.20. The first kappa shape index (κ1) is 16.7. The number of hydrogen-bond donors (Lipinski definition) is 2. The largest absolute Gasteiger partial charge is 0.394 e. The minimum atomic E-state index is -0.0664. The Balaban J connectivity index is 2.07. The number of rotatable bonds is 7. The zero-order chi connectivity index (χ0) is 16.1. The van der Waals surface area contributed by atoms with E-state index in [1.807, 2.05) is 10.9 Å². The molecule has 22 heavy (non-hydrogen) atoms. The topological polar surface area (TPSA) is 50.1 Å². The van der Waals surface area contributed by atoms with Crippen LogP contribution in [0.15, 0.2) is 36.7 Å². The smallest absolute Gasteiger partial charge is 0.0626 e. The molecule has 0 aliphatic heterocycles. The number of aliphatic hydroxyl groups excluding tert-OH is 1. The molecule has 0 spiro atoms. The van der Waals surface area contributed by atoms with E-state index in [4.69, 9.17) is 0 Å². The molecule has 4 heteroatoms. The molecule has 0 saturated heterocycles. The fraction of sp³-hybridized carbons (Fsp3) is 0.500. The van der Waals surface area contributed by atoms with Crippen molar-refractivity contribution >= 4 is 0 Å². The summed E-state index contributed by atoms with van der Waals surface area (Å²) in [7, 11) is 0. The van der Waals surface area contributed by atoms with Gasteiger partial charge in [0.05, 0.1) is 18.8 Å². The van der Waals surface area contributed by atoms with Crippen LogP contribution in [-0.4, -0.2) is 21.5 Å². The predicted octanol–water partition coefficient (Wildman–Crippen LogP) is 3.41. The van der Waals surface area contributed by atoms with Crippen molar-refractivity contribution in [3.63, 3.8) is 0 Å². The van der Waals surface area contributed by atoms with Crippen LogP contribution >= 0.6 is 0 Å². The lowest BCUT2D eigenvalue weighted by Gasteiger charge is -2.21. The van der Waals surface area contributed by atoms with E-state index in [1.165, 1.54) is 5.56 Å². The molecule has 4 nitrogen and oxygen atoms in total. The third-order valence-corrected chi connectivity index (χ3v) is 4.07. The normalized spacial score (nSPS) is 14.3. The summed E-state index contributed by atoms with van der Waals surface area (Å²) >= 11 is 0. The van der Waals surface area contributed by atoms with Gasteiger partial charge in [-0.1, -0.05) is 31.2 Å². The highest BCUT2D eigenvalue weighted by molar-refractivity contribution is 5.25. The van der Waals surface area contributed by atoms with Crippen LogP contribution in [0.3, 0.4) is 0 Å². The second-order valence-electron chi connectivity index (χ2n) is 6.07. The number of aryl methyl sites for hydroxylation is 1. The summed E-state index contributed by atoms with van der Waals surface area (Å²) in [5.74, 6) is 0. The third-order valence-electron chi connectivity index (χ3n) is 4.07. The molecular formula is C18H27N3O. The minimum absolute atomic E-state index is 0.0664. The Bertz CT molecular complexity index is 574. The van der Waals surface area contributed by atoms with E-state index in [0.29, 0.717) is 6.04 Å². The van der Waals surface area contributed by atoms with Crippen molar-refractivity contribution in [1.29, 1.82) is 0 Å². The van der Waals surface area contributed by atoms with Crippen LogP contribution in [-0.2, 0) is 6.42 Å². The molecule has 2 atom stereocenters. The molecule has 0 fully saturated rings. The predicted molar refractivity (Wildman–Crippen MR) is 89.8 cm³/mol. The summed E-state index contributed by atoms with van der Waals surface area (Å²) in [6.07, 6.45) is 4.99. The number of aromatic nitrogens is 2. The number of nitrogens with zero attached hydrogens (tertiary/aromatic N) is 2. The van der Waals surface area contributed by atoms with E-state index in [-0.39, 0.29) is 18.7 Å². The van der Waals surface area contributed by atoms with Gasteiger partial charge >= 0.3 is 0 Å². The molecule has 2 rings (SSSR count). The maximum atomic E-state index is 9.71. The molecule has 2 N–H and O–H groups in total. The molecule has 2 unspecified atom stereocenters. The monoisotopic (exact) mass is 301 g/mol. The standard InChI is InChI=1S/C18H27N3O/c1-5-15-6-8-16(9-7-15)18(12-22)20-14(4)17-10-19-21(11-17)13(2)3/h6-11,13-14,18,20,22H,5,12H2,1-4H3. The summed E-state index contributed by atoms with van der Waals surface area (Å²) in [6.45, 7) is 8.55. The number of benzene rings is 1. The Morgan fingerprint density at radius 1 is 1.14 bits per heavy atom. The molecule has 2 aromatic rings. The van der Waals surface area contributed by atoms with Gasteiger partial charge in [0.1, 0.15) is 0 Å². The van der Waals surface area contributed by atoms with E-state index in [1.54, 1.807) is 0 Å². The molecule has 0 amide bonds. The van der Waals surface area contributed by atoms with Crippen molar-refractivity contribution in [3.8, 4) is 0 Å². The van der Waals surface area contributed by atoms with Gasteiger partial charge in [0.2, 0.25) is 0 Å². The van der Waals surface area contributed by atoms with Gasteiger partial charge in [0, 0.05) is 23.8 Å². The molecule has 1 aromatic heterocycles. The van der Waals surface area contributed by atoms with Crippen molar-refractivity contribution in [2.45, 2.75) is 52.2 Å². The van der Waals surface area contributed by atoms with E-state index in [9.17, 15) is 5.11 Å². The molecule has 1 aromatic carbocycles. The van der Waals surface area contributed by atoms with Crippen molar-refractivity contribution in [2.24, 2.45) is 0 Å². The van der Waals surface area contributed by atoms with E-state index in [0.717, 1.165) is 17.5 Å². The molecular weight excluding hydrogens is 274 g/mol. The molecule has 0 aliphatic rings. The average molecular weight is 301 g/mol. The maximum Gasteiger partial charge on any atom is 0.0626 e. The lowest BCUT2D eigenvalue weighted by atomic mass is 10.0. The average Bonchev–Trinajstić information content (AvgIpc) is 3.03. The summed E-state index contributed by atoms with van der Waals surface area (Å²) in [5, 5.41) is 17.6. The summed E-state index contributed by atoms with van der Waals surface area (Å²) in [6, 6.07) is 8.87. The summed E-state index contributed by atoms with van der Waals surface area (Å²) in [5.41, 5.74) is 3.56. The van der Waals surface area contributed by atoms with E-state index >= 15 is 0 Å². The molecule has 0 aliphatic carbocycles. The quantitative estimate of drug-likeness (QED) is 0.824. The van der Waals surface area contributed by atoms with Crippen LogP contribution in [0.4, 0.5) is 0 Å². The van der Waals surface area contributed by atoms with Crippen molar-refractivity contribution in [1.82, 2.24) is 15.1 Å². The van der Waals surface area contributed by atoms with Gasteiger partial charge < -0.3 is 10.4 Å². The fourth-order valence-electron chi connectivity index (χ4n) is 2.50. The number of nitrogens with one attached hydrogen (secondary N) is 1. The van der Waals surface area contributed by atoms with Gasteiger partial charge in [-0.15, -0.1) is 0 Å². The second-order valence-corrected chi connectivity index (χ2v) is 6.07. The van der Waals surface area contributed by atoms with Crippen LogP contribution in [0.25, 0.3) is 0 Å². The zero-order valence-corrected chi connectivity index (χ0v) is 14.0. The second kappa shape index (κ2) is 7.56. The SMILES string of the molecule is CCc1ccc(C(CO)NC(C)c2cnn(C(C)C)c2)cc1. The highest BCUT2D eigenvalue weighted by atomic mass is 16.3. The zero-order valence-electron chi connectivity index (χ0n) is 14.0. The minimum Gasteiger partial charge on any atom is -0.394 e. The van der Waals surface area contributed by atoms with Gasteiger partial charge in [-0.25, -0.2) is 0 Å². The number of aliphatic hydroxyl groups is 1. The maximum absolute atomic E-state index is 9.71. The Morgan fingerprint density at radius 2 is 1.82 bits per heavy atom. The van der Waals surface area contributed by atoms with Gasteiger partial charge in [-0.3, -0.25) is 4.68 Å². The van der Waals surface area contributed by atoms with Gasteiger partial charge in [-0.2, -0.15) is 5.10 Å². The Kier molecular flexibility index (Phi) is 5.75. The van der Waals surface area contributed by atoms with E-state index in [2.05, 4.69) is 68.6 Å². The van der Waals surface area contributed by atoms with Crippen LogP contribution in [0.2, 0.25) is 0 Å². The third kappa shape index (κ3) is 3.96. The van der Waals surface area contributed by atoms with Crippen LogP contribution < -0.4 is 5.32 Å². The molecule has 0 saturated carbocycles. The molecule has 120 valence electrons.